The maximum Gasteiger partial charge on any atom is 0.327 e. The Morgan fingerprint density at radius 2 is 2.30 bits per heavy atom. The summed E-state index contributed by atoms with van der Waals surface area (Å²) in [6, 6.07) is 4.89. The van der Waals surface area contributed by atoms with Crippen molar-refractivity contribution < 1.29 is 14.7 Å². The first-order chi connectivity index (χ1) is 9.63. The molecule has 0 aliphatic carbocycles. The maximum atomic E-state index is 12.3. The van der Waals surface area contributed by atoms with Gasteiger partial charge in [0, 0.05) is 24.1 Å². The molecule has 6 heteroatoms. The average Bonchev–Trinajstić information content (AvgIpc) is 2.90. The van der Waals surface area contributed by atoms with Crippen molar-refractivity contribution in [1.29, 1.82) is 0 Å². The number of hydrogen-bond acceptors (Lipinski definition) is 4. The summed E-state index contributed by atoms with van der Waals surface area (Å²) in [4.78, 5) is 29.3. The topological polar surface area (TPSA) is 70.5 Å². The lowest BCUT2D eigenvalue weighted by atomic mass is 10.1. The molecule has 1 amide bonds. The third-order valence-corrected chi connectivity index (χ3v) is 4.79. The summed E-state index contributed by atoms with van der Waals surface area (Å²) in [6.07, 6.45) is 3.31. The summed E-state index contributed by atoms with van der Waals surface area (Å²) >= 11 is 1.55. The van der Waals surface area contributed by atoms with Crippen LogP contribution in [0.3, 0.4) is 0 Å². The first-order valence-corrected chi connectivity index (χ1v) is 7.73. The number of carbonyl (C=O) groups excluding carboxylic acids is 1. The number of hydrogen-bond donors (Lipinski definition) is 1. The molecule has 2 unspecified atom stereocenters. The smallest absolute Gasteiger partial charge is 0.327 e. The summed E-state index contributed by atoms with van der Waals surface area (Å²) < 4.78 is 0. The van der Waals surface area contributed by atoms with Gasteiger partial charge in [-0.15, -0.1) is 11.8 Å². The zero-order valence-electron chi connectivity index (χ0n) is 11.4. The van der Waals surface area contributed by atoms with Crippen molar-refractivity contribution in [2.24, 2.45) is 0 Å². The Bertz CT molecular complexity index is 481. The van der Waals surface area contributed by atoms with Gasteiger partial charge in [-0.2, -0.15) is 0 Å². The molecule has 1 N–H and O–H groups in total. The van der Waals surface area contributed by atoms with Crippen molar-refractivity contribution in [2.45, 2.75) is 37.6 Å². The largest absolute Gasteiger partial charge is 0.480 e. The summed E-state index contributed by atoms with van der Waals surface area (Å²) in [7, 11) is 0. The van der Waals surface area contributed by atoms with Gasteiger partial charge in [0.05, 0.1) is 5.37 Å². The molecule has 20 heavy (non-hydrogen) atoms. The SMILES string of the molecule is CCC1SCC(C(=O)O)N1C(=O)CCc1ccccn1. The van der Waals surface area contributed by atoms with Crippen LogP contribution in [0.2, 0.25) is 0 Å². The standard InChI is InChI=1S/C14H18N2O3S/c1-2-13-16(11(9-20-13)14(18)19)12(17)7-6-10-5-3-4-8-15-10/h3-5,8,11,13H,2,6-7,9H2,1H3,(H,18,19). The van der Waals surface area contributed by atoms with Gasteiger partial charge in [0.2, 0.25) is 5.91 Å². The molecule has 1 aromatic rings. The van der Waals surface area contributed by atoms with E-state index in [-0.39, 0.29) is 11.3 Å². The van der Waals surface area contributed by atoms with Crippen molar-refractivity contribution in [1.82, 2.24) is 9.88 Å². The maximum absolute atomic E-state index is 12.3. The number of carboxylic acid groups (broad SMARTS) is 1. The van der Waals surface area contributed by atoms with Gasteiger partial charge < -0.3 is 10.0 Å². The molecule has 1 aliphatic heterocycles. The van der Waals surface area contributed by atoms with E-state index in [9.17, 15) is 14.7 Å². The van der Waals surface area contributed by atoms with E-state index in [1.165, 1.54) is 4.90 Å². The van der Waals surface area contributed by atoms with Gasteiger partial charge in [-0.3, -0.25) is 9.78 Å². The predicted molar refractivity (Wildman–Crippen MR) is 77.4 cm³/mol. The predicted octanol–water partition coefficient (Wildman–Crippen LogP) is 1.78. The molecule has 2 heterocycles. The van der Waals surface area contributed by atoms with Crippen molar-refractivity contribution in [2.75, 3.05) is 5.75 Å². The van der Waals surface area contributed by atoms with E-state index in [0.717, 1.165) is 12.1 Å². The zero-order chi connectivity index (χ0) is 14.5. The molecule has 1 fully saturated rings. The van der Waals surface area contributed by atoms with Gasteiger partial charge >= 0.3 is 5.97 Å². The Hall–Kier alpha value is -1.56. The fraction of sp³-hybridized carbons (Fsp3) is 0.500. The Morgan fingerprint density at radius 3 is 2.90 bits per heavy atom. The molecule has 1 aliphatic rings. The van der Waals surface area contributed by atoms with E-state index in [1.807, 2.05) is 25.1 Å². The van der Waals surface area contributed by atoms with Gasteiger partial charge in [-0.1, -0.05) is 13.0 Å². The highest BCUT2D eigenvalue weighted by atomic mass is 32.2. The number of carbonyl (C=O) groups is 2. The minimum absolute atomic E-state index is 0.0210. The van der Waals surface area contributed by atoms with Crippen LogP contribution < -0.4 is 0 Å². The second kappa shape index (κ2) is 6.74. The van der Waals surface area contributed by atoms with Crippen LogP contribution in [-0.4, -0.2) is 44.0 Å². The molecule has 5 nitrogen and oxygen atoms in total. The van der Waals surface area contributed by atoms with Crippen molar-refractivity contribution in [3.05, 3.63) is 30.1 Å². The number of aryl methyl sites for hydroxylation is 1. The average molecular weight is 294 g/mol. The fourth-order valence-electron chi connectivity index (χ4n) is 2.31. The van der Waals surface area contributed by atoms with Gasteiger partial charge in [-0.25, -0.2) is 4.79 Å². The Balaban J connectivity index is 2.00. The first kappa shape index (κ1) is 14.8. The Morgan fingerprint density at radius 1 is 1.50 bits per heavy atom. The lowest BCUT2D eigenvalue weighted by Crippen LogP contribution is -2.45. The number of aliphatic carboxylic acids is 1. The highest BCUT2D eigenvalue weighted by Crippen LogP contribution is 2.32. The second-order valence-electron chi connectivity index (χ2n) is 4.67. The molecule has 2 atom stereocenters. The molecule has 1 saturated heterocycles. The normalized spacial score (nSPS) is 21.9. The number of amides is 1. The van der Waals surface area contributed by atoms with E-state index in [2.05, 4.69) is 4.98 Å². The van der Waals surface area contributed by atoms with Gasteiger partial charge in [0.25, 0.3) is 0 Å². The molecule has 0 bridgehead atoms. The van der Waals surface area contributed by atoms with Gasteiger partial charge in [-0.05, 0) is 25.0 Å². The number of thioether (sulfide) groups is 1. The van der Waals surface area contributed by atoms with Crippen LogP contribution in [0.15, 0.2) is 24.4 Å². The van der Waals surface area contributed by atoms with Crippen LogP contribution in [0.25, 0.3) is 0 Å². The Labute approximate surface area is 122 Å². The summed E-state index contributed by atoms with van der Waals surface area (Å²) in [6.45, 7) is 1.97. The van der Waals surface area contributed by atoms with Crippen LogP contribution in [0.5, 0.6) is 0 Å². The van der Waals surface area contributed by atoms with E-state index >= 15 is 0 Å². The van der Waals surface area contributed by atoms with Gasteiger partial charge in [0.15, 0.2) is 0 Å². The zero-order valence-corrected chi connectivity index (χ0v) is 12.2. The fourth-order valence-corrected chi connectivity index (χ4v) is 3.68. The minimum atomic E-state index is -0.917. The molecule has 2 rings (SSSR count). The third-order valence-electron chi connectivity index (χ3n) is 3.34. The van der Waals surface area contributed by atoms with Crippen LogP contribution in [0.1, 0.15) is 25.5 Å². The van der Waals surface area contributed by atoms with E-state index in [0.29, 0.717) is 18.6 Å². The molecule has 0 spiro atoms. The number of rotatable bonds is 5. The van der Waals surface area contributed by atoms with Crippen molar-refractivity contribution in [3.8, 4) is 0 Å². The minimum Gasteiger partial charge on any atom is -0.480 e. The summed E-state index contributed by atoms with van der Waals surface area (Å²) in [5.41, 5.74) is 0.854. The molecular formula is C14H18N2O3S. The van der Waals surface area contributed by atoms with Crippen molar-refractivity contribution >= 4 is 23.6 Å². The second-order valence-corrected chi connectivity index (χ2v) is 5.88. The molecular weight excluding hydrogens is 276 g/mol. The summed E-state index contributed by atoms with van der Waals surface area (Å²) in [5, 5.41) is 9.19. The molecule has 0 saturated carbocycles. The van der Waals surface area contributed by atoms with Crippen LogP contribution in [0.4, 0.5) is 0 Å². The number of pyridine rings is 1. The van der Waals surface area contributed by atoms with Crippen LogP contribution in [-0.2, 0) is 16.0 Å². The molecule has 0 aromatic carbocycles. The molecule has 108 valence electrons. The molecule has 0 radical (unpaired) electrons. The quantitative estimate of drug-likeness (QED) is 0.896. The van der Waals surface area contributed by atoms with E-state index < -0.39 is 12.0 Å². The van der Waals surface area contributed by atoms with Crippen LogP contribution >= 0.6 is 11.8 Å². The number of aromatic nitrogens is 1. The highest BCUT2D eigenvalue weighted by Gasteiger charge is 2.40. The van der Waals surface area contributed by atoms with Crippen molar-refractivity contribution in [3.63, 3.8) is 0 Å². The van der Waals surface area contributed by atoms with Gasteiger partial charge in [0.1, 0.15) is 6.04 Å². The third kappa shape index (κ3) is 3.30. The lowest BCUT2D eigenvalue weighted by Gasteiger charge is -2.26. The lowest BCUT2D eigenvalue weighted by molar-refractivity contribution is -0.149. The van der Waals surface area contributed by atoms with E-state index in [4.69, 9.17) is 0 Å². The Kier molecular flexibility index (Phi) is 5.00. The van der Waals surface area contributed by atoms with E-state index in [1.54, 1.807) is 18.0 Å². The summed E-state index contributed by atoms with van der Waals surface area (Å²) in [5.74, 6) is -0.539. The first-order valence-electron chi connectivity index (χ1n) is 6.69. The number of carboxylic acids is 1. The highest BCUT2D eigenvalue weighted by molar-refractivity contribution is 8.00. The number of nitrogens with zero attached hydrogens (tertiary/aromatic N) is 2. The monoisotopic (exact) mass is 294 g/mol. The molecule has 1 aromatic heterocycles. The van der Waals surface area contributed by atoms with Crippen LogP contribution in [0, 0.1) is 0 Å².